The number of rotatable bonds is 2. The maximum absolute atomic E-state index is 8.67. The first-order chi connectivity index (χ1) is 7.08. The molecule has 4 heteroatoms. The van der Waals surface area contributed by atoms with E-state index in [0.29, 0.717) is 0 Å². The molecular formula is C11H20N2O2. The number of carboxylic acid groups (broad SMARTS) is 1. The molecule has 0 aromatic heterocycles. The molecule has 3 rings (SSSR count). The number of hydrogen-bond acceptors (Lipinski definition) is 2. The van der Waals surface area contributed by atoms with Crippen LogP contribution >= 0.6 is 0 Å². The second-order valence-corrected chi connectivity index (χ2v) is 4.53. The summed E-state index contributed by atoms with van der Waals surface area (Å²) in [6.07, 6.45) is 4.96. The topological polar surface area (TPSA) is 66.2 Å². The summed E-state index contributed by atoms with van der Waals surface area (Å²) in [6.45, 7) is 9.35. The van der Waals surface area contributed by atoms with Crippen LogP contribution in [-0.2, 0) is 0 Å². The molecule has 4 nitrogen and oxygen atoms in total. The molecule has 0 aromatic carbocycles. The smallest absolute Gasteiger partial charge is 0.131 e. The molecule has 0 spiro atoms. The standard InChI is InChI=1S/C10H18N.CH3NO2/c1-2-6-11-7-3-10(4-8-11)5-9-11;2-1(3)4/h2,10H,1,3-9H2;2H2,(H,3,4)/q+1;/p-1. The molecule has 3 aliphatic heterocycles. The van der Waals surface area contributed by atoms with E-state index in [1.807, 2.05) is 0 Å². The van der Waals surface area contributed by atoms with Crippen LogP contribution < -0.4 is 10.8 Å². The highest BCUT2D eigenvalue weighted by molar-refractivity contribution is 5.58. The predicted octanol–water partition coefficient (Wildman–Crippen LogP) is 0.0913. The molecule has 3 heterocycles. The number of carbonyl (C=O) groups excluding carboxylic acids is 1. The van der Waals surface area contributed by atoms with Gasteiger partial charge in [-0.1, -0.05) is 6.58 Å². The highest BCUT2D eigenvalue weighted by Crippen LogP contribution is 2.33. The Balaban J connectivity index is 0.000000245. The minimum atomic E-state index is -1.58. The zero-order chi connectivity index (χ0) is 11.3. The van der Waals surface area contributed by atoms with E-state index in [1.165, 1.54) is 49.9 Å². The molecule has 1 amide bonds. The van der Waals surface area contributed by atoms with Crippen molar-refractivity contribution in [2.75, 3.05) is 26.2 Å². The summed E-state index contributed by atoms with van der Waals surface area (Å²) in [5.74, 6) is 1.08. The Bertz CT molecular complexity index is 215. The third-order valence-corrected chi connectivity index (χ3v) is 3.55. The van der Waals surface area contributed by atoms with Crippen molar-refractivity contribution in [3.63, 3.8) is 0 Å². The molecule has 3 saturated heterocycles. The fraction of sp³-hybridized carbons (Fsp3) is 0.727. The minimum absolute atomic E-state index is 1.08. The minimum Gasteiger partial charge on any atom is -0.530 e. The summed E-state index contributed by atoms with van der Waals surface area (Å²) in [5, 5.41) is 8.67. The van der Waals surface area contributed by atoms with E-state index in [4.69, 9.17) is 9.90 Å². The van der Waals surface area contributed by atoms with Gasteiger partial charge in [-0.3, -0.25) is 0 Å². The molecule has 15 heavy (non-hydrogen) atoms. The molecule has 3 aliphatic rings. The first kappa shape index (κ1) is 12.0. The Morgan fingerprint density at radius 3 is 2.13 bits per heavy atom. The van der Waals surface area contributed by atoms with E-state index < -0.39 is 6.09 Å². The van der Waals surface area contributed by atoms with Gasteiger partial charge in [-0.2, -0.15) is 0 Å². The lowest BCUT2D eigenvalue weighted by atomic mass is 9.86. The van der Waals surface area contributed by atoms with Crippen molar-refractivity contribution in [3.8, 4) is 0 Å². The lowest BCUT2D eigenvalue weighted by Gasteiger charge is -2.48. The fourth-order valence-electron chi connectivity index (χ4n) is 2.69. The Hall–Kier alpha value is -1.03. The van der Waals surface area contributed by atoms with Crippen molar-refractivity contribution < 1.29 is 14.4 Å². The Kier molecular flexibility index (Phi) is 4.15. The summed E-state index contributed by atoms with van der Waals surface area (Å²) in [4.78, 5) is 8.67. The average Bonchev–Trinajstić information content (AvgIpc) is 2.19. The van der Waals surface area contributed by atoms with Crippen molar-refractivity contribution in [3.05, 3.63) is 12.7 Å². The zero-order valence-corrected chi connectivity index (χ0v) is 9.15. The number of quaternary nitrogens is 1. The van der Waals surface area contributed by atoms with E-state index in [0.717, 1.165) is 5.92 Å². The molecule has 0 aromatic rings. The molecule has 3 fully saturated rings. The molecule has 0 saturated carbocycles. The Morgan fingerprint density at radius 1 is 1.40 bits per heavy atom. The van der Waals surface area contributed by atoms with E-state index in [9.17, 15) is 0 Å². The second-order valence-electron chi connectivity index (χ2n) is 4.53. The first-order valence-corrected chi connectivity index (χ1v) is 5.50. The van der Waals surface area contributed by atoms with Crippen molar-refractivity contribution in [1.82, 2.24) is 0 Å². The van der Waals surface area contributed by atoms with Gasteiger partial charge in [-0.05, 0) is 31.3 Å². The highest BCUT2D eigenvalue weighted by atomic mass is 16.4. The molecule has 2 N–H and O–H groups in total. The second kappa shape index (κ2) is 5.16. The number of nitrogens with zero attached hydrogens (tertiary/aromatic N) is 1. The van der Waals surface area contributed by atoms with E-state index in [2.05, 4.69) is 18.4 Å². The summed E-state index contributed by atoms with van der Waals surface area (Å²) in [5.41, 5.74) is 3.92. The van der Waals surface area contributed by atoms with Gasteiger partial charge in [0.15, 0.2) is 0 Å². The van der Waals surface area contributed by atoms with Crippen molar-refractivity contribution in [2.45, 2.75) is 19.3 Å². The van der Waals surface area contributed by atoms with Gasteiger partial charge in [-0.15, -0.1) is 0 Å². The van der Waals surface area contributed by atoms with Gasteiger partial charge in [0, 0.05) is 0 Å². The molecular weight excluding hydrogens is 192 g/mol. The maximum Gasteiger partial charge on any atom is 0.131 e. The van der Waals surface area contributed by atoms with Crippen LogP contribution in [0.4, 0.5) is 4.79 Å². The average molecular weight is 212 g/mol. The molecule has 0 atom stereocenters. The van der Waals surface area contributed by atoms with Crippen LogP contribution in [0.25, 0.3) is 0 Å². The van der Waals surface area contributed by atoms with E-state index >= 15 is 0 Å². The van der Waals surface area contributed by atoms with E-state index in [1.54, 1.807) is 0 Å². The first-order valence-electron chi connectivity index (χ1n) is 5.50. The van der Waals surface area contributed by atoms with Gasteiger partial charge in [-0.25, -0.2) is 0 Å². The SMILES string of the molecule is C=CC[N+]12CCC(CC1)CC2.NC(=O)[O-]. The monoisotopic (exact) mass is 212 g/mol. The quantitative estimate of drug-likeness (QED) is 0.521. The molecule has 0 radical (unpaired) electrons. The summed E-state index contributed by atoms with van der Waals surface area (Å²) < 4.78 is 1.36. The van der Waals surface area contributed by atoms with Crippen LogP contribution in [-0.4, -0.2) is 36.8 Å². The largest absolute Gasteiger partial charge is 0.530 e. The Labute approximate surface area is 91.0 Å². The van der Waals surface area contributed by atoms with Crippen LogP contribution in [0.15, 0.2) is 12.7 Å². The van der Waals surface area contributed by atoms with E-state index in [-0.39, 0.29) is 0 Å². The van der Waals surface area contributed by atoms with Gasteiger partial charge in [0.25, 0.3) is 0 Å². The number of piperidine rings is 3. The van der Waals surface area contributed by atoms with Crippen molar-refractivity contribution in [2.24, 2.45) is 11.7 Å². The van der Waals surface area contributed by atoms with Crippen molar-refractivity contribution >= 4 is 6.09 Å². The van der Waals surface area contributed by atoms with Crippen LogP contribution in [0.5, 0.6) is 0 Å². The predicted molar refractivity (Wildman–Crippen MR) is 56.8 cm³/mol. The van der Waals surface area contributed by atoms with Crippen LogP contribution in [0.3, 0.4) is 0 Å². The fourth-order valence-corrected chi connectivity index (χ4v) is 2.69. The third kappa shape index (κ3) is 3.55. The number of primary amides is 1. The summed E-state index contributed by atoms with van der Waals surface area (Å²) >= 11 is 0. The number of fused-ring (bicyclic) bond motifs is 3. The summed E-state index contributed by atoms with van der Waals surface area (Å²) in [6, 6.07) is 0. The molecule has 86 valence electrons. The number of amides is 1. The summed E-state index contributed by atoms with van der Waals surface area (Å²) in [7, 11) is 0. The lowest BCUT2D eigenvalue weighted by Crippen LogP contribution is -2.58. The van der Waals surface area contributed by atoms with Gasteiger partial charge in [0.2, 0.25) is 0 Å². The molecule has 0 aliphatic carbocycles. The van der Waals surface area contributed by atoms with Crippen LogP contribution in [0.2, 0.25) is 0 Å². The van der Waals surface area contributed by atoms with Crippen molar-refractivity contribution in [1.29, 1.82) is 0 Å². The van der Waals surface area contributed by atoms with Crippen LogP contribution in [0, 0.1) is 5.92 Å². The lowest BCUT2D eigenvalue weighted by molar-refractivity contribution is -0.937. The zero-order valence-electron chi connectivity index (χ0n) is 9.15. The van der Waals surface area contributed by atoms with Gasteiger partial charge in [0.1, 0.15) is 6.09 Å². The van der Waals surface area contributed by atoms with Gasteiger partial charge in [0.05, 0.1) is 26.2 Å². The molecule has 0 unspecified atom stereocenters. The highest BCUT2D eigenvalue weighted by Gasteiger charge is 2.38. The third-order valence-electron chi connectivity index (χ3n) is 3.55. The number of nitrogens with two attached hydrogens (primary N) is 1. The number of hydrogen-bond donors (Lipinski definition) is 1. The normalized spacial score (nSPS) is 32.7. The molecule has 2 bridgehead atoms. The number of carbonyl (C=O) groups is 1. The Morgan fingerprint density at radius 2 is 1.80 bits per heavy atom. The van der Waals surface area contributed by atoms with Gasteiger partial charge >= 0.3 is 0 Å². The maximum atomic E-state index is 8.67. The van der Waals surface area contributed by atoms with Gasteiger partial charge < -0.3 is 20.1 Å². The van der Waals surface area contributed by atoms with Crippen LogP contribution in [0.1, 0.15) is 19.3 Å².